The smallest absolute Gasteiger partial charge is 0.341 e. The summed E-state index contributed by atoms with van der Waals surface area (Å²) in [6, 6.07) is 10.4. The number of carbonyl (C=O) groups excluding carboxylic acids is 1. The Morgan fingerprint density at radius 3 is 2.48 bits per heavy atom. The Kier molecular flexibility index (Phi) is 4.90. The summed E-state index contributed by atoms with van der Waals surface area (Å²) in [5.41, 5.74) is 0.530. The Labute approximate surface area is 126 Å². The van der Waals surface area contributed by atoms with Gasteiger partial charge in [-0.25, -0.2) is 4.79 Å². The normalized spacial score (nSPS) is 10.7. The third-order valence-electron chi connectivity index (χ3n) is 2.66. The van der Waals surface area contributed by atoms with Crippen molar-refractivity contribution in [3.8, 4) is 5.75 Å². The Morgan fingerprint density at radius 2 is 1.90 bits per heavy atom. The minimum atomic E-state index is -1.04. The monoisotopic (exact) mass is 302 g/mol. The van der Waals surface area contributed by atoms with Gasteiger partial charge in [-0.1, -0.05) is 0 Å². The molecule has 0 unspecified atom stereocenters. The number of carboxylic acids is 1. The molecular formula is C16H14O4S. The van der Waals surface area contributed by atoms with E-state index in [2.05, 4.69) is 0 Å². The molecule has 0 spiro atoms. The van der Waals surface area contributed by atoms with Gasteiger partial charge >= 0.3 is 5.97 Å². The first-order valence-corrected chi connectivity index (χ1v) is 7.10. The van der Waals surface area contributed by atoms with E-state index in [-0.39, 0.29) is 5.78 Å². The molecule has 1 aromatic heterocycles. The Morgan fingerprint density at radius 1 is 1.19 bits per heavy atom. The minimum absolute atomic E-state index is 0.106. The molecular weight excluding hydrogens is 288 g/mol. The molecule has 5 heteroatoms. The van der Waals surface area contributed by atoms with Crippen molar-refractivity contribution < 1.29 is 19.4 Å². The van der Waals surface area contributed by atoms with Gasteiger partial charge in [-0.2, -0.15) is 0 Å². The molecule has 0 atom stereocenters. The summed E-state index contributed by atoms with van der Waals surface area (Å²) in [7, 11) is 0. The maximum atomic E-state index is 12.0. The van der Waals surface area contributed by atoms with E-state index in [4.69, 9.17) is 9.84 Å². The van der Waals surface area contributed by atoms with Gasteiger partial charge in [0.2, 0.25) is 0 Å². The van der Waals surface area contributed by atoms with E-state index in [0.717, 1.165) is 4.88 Å². The van der Waals surface area contributed by atoms with Crippen LogP contribution in [0.25, 0.3) is 6.08 Å². The van der Waals surface area contributed by atoms with Crippen LogP contribution in [0.15, 0.2) is 42.5 Å². The molecule has 0 aliphatic heterocycles. The van der Waals surface area contributed by atoms with Gasteiger partial charge < -0.3 is 9.84 Å². The van der Waals surface area contributed by atoms with Crippen LogP contribution in [-0.4, -0.2) is 23.5 Å². The summed E-state index contributed by atoms with van der Waals surface area (Å²) >= 11 is 1.62. The first kappa shape index (κ1) is 15.0. The van der Waals surface area contributed by atoms with Crippen LogP contribution in [0.2, 0.25) is 0 Å². The zero-order valence-corrected chi connectivity index (χ0v) is 12.2. The number of benzene rings is 1. The highest BCUT2D eigenvalue weighted by atomic mass is 32.1. The van der Waals surface area contributed by atoms with Crippen molar-refractivity contribution in [2.45, 2.75) is 6.92 Å². The number of allylic oxidation sites excluding steroid dienone is 1. The summed E-state index contributed by atoms with van der Waals surface area (Å²) in [6.45, 7) is 1.62. The van der Waals surface area contributed by atoms with E-state index < -0.39 is 12.6 Å². The van der Waals surface area contributed by atoms with Gasteiger partial charge in [0.05, 0.1) is 0 Å². The fraction of sp³-hybridized carbons (Fsp3) is 0.125. The van der Waals surface area contributed by atoms with Crippen LogP contribution >= 0.6 is 11.3 Å². The topological polar surface area (TPSA) is 63.6 Å². The van der Waals surface area contributed by atoms with Crippen molar-refractivity contribution in [1.29, 1.82) is 0 Å². The molecule has 108 valence electrons. The molecule has 1 aromatic carbocycles. The van der Waals surface area contributed by atoms with Gasteiger partial charge in [-0.15, -0.1) is 11.3 Å². The number of aliphatic carboxylic acids is 1. The number of hydrogen-bond donors (Lipinski definition) is 1. The molecule has 0 saturated heterocycles. The Bertz CT molecular complexity index is 668. The maximum absolute atomic E-state index is 12.0. The highest BCUT2D eigenvalue weighted by molar-refractivity contribution is 7.12. The SMILES string of the molecule is Cc1ccc(/C=C/C(=O)c2ccc(OCC(=O)O)cc2)s1. The number of carboxylic acid groups (broad SMARTS) is 1. The largest absolute Gasteiger partial charge is 0.482 e. The third-order valence-corrected chi connectivity index (χ3v) is 3.63. The predicted octanol–water partition coefficient (Wildman–Crippen LogP) is 3.42. The standard InChI is InChI=1S/C16H14O4S/c1-11-2-7-14(21-11)8-9-15(17)12-3-5-13(6-4-12)20-10-16(18)19/h2-9H,10H2,1H3,(H,18,19)/b9-8+. The van der Waals surface area contributed by atoms with E-state index in [1.165, 1.54) is 11.0 Å². The van der Waals surface area contributed by atoms with Crippen LogP contribution < -0.4 is 4.74 Å². The summed E-state index contributed by atoms with van der Waals surface area (Å²) in [4.78, 5) is 24.6. The summed E-state index contributed by atoms with van der Waals surface area (Å²) < 4.78 is 5.01. The van der Waals surface area contributed by atoms with E-state index >= 15 is 0 Å². The number of ether oxygens (including phenoxy) is 1. The van der Waals surface area contributed by atoms with Crippen LogP contribution in [-0.2, 0) is 4.79 Å². The van der Waals surface area contributed by atoms with E-state index in [0.29, 0.717) is 11.3 Å². The number of ketones is 1. The fourth-order valence-corrected chi connectivity index (χ4v) is 2.44. The molecule has 0 radical (unpaired) electrons. The van der Waals surface area contributed by atoms with Crippen molar-refractivity contribution in [2.75, 3.05) is 6.61 Å². The second-order valence-electron chi connectivity index (χ2n) is 4.35. The molecule has 1 N–H and O–H groups in total. The molecule has 2 aromatic rings. The average Bonchev–Trinajstić information content (AvgIpc) is 2.89. The number of carbonyl (C=O) groups is 2. The minimum Gasteiger partial charge on any atom is -0.482 e. The van der Waals surface area contributed by atoms with Gasteiger partial charge in [0.25, 0.3) is 0 Å². The van der Waals surface area contributed by atoms with Crippen LogP contribution in [0.4, 0.5) is 0 Å². The van der Waals surface area contributed by atoms with Crippen LogP contribution in [0, 0.1) is 6.92 Å². The summed E-state index contributed by atoms with van der Waals surface area (Å²) in [5, 5.41) is 8.51. The molecule has 1 heterocycles. The second kappa shape index (κ2) is 6.85. The van der Waals surface area contributed by atoms with Gasteiger partial charge in [-0.05, 0) is 55.5 Å². The zero-order chi connectivity index (χ0) is 15.2. The van der Waals surface area contributed by atoms with Crippen molar-refractivity contribution in [3.05, 3.63) is 57.8 Å². The van der Waals surface area contributed by atoms with Gasteiger partial charge in [0.1, 0.15) is 5.75 Å². The molecule has 2 rings (SSSR count). The zero-order valence-electron chi connectivity index (χ0n) is 11.4. The van der Waals surface area contributed by atoms with Gasteiger partial charge in [0.15, 0.2) is 12.4 Å². The second-order valence-corrected chi connectivity index (χ2v) is 5.67. The molecule has 0 aliphatic carbocycles. The summed E-state index contributed by atoms with van der Waals surface area (Å²) in [6.07, 6.45) is 3.31. The van der Waals surface area contributed by atoms with Crippen LogP contribution in [0.3, 0.4) is 0 Å². The summed E-state index contributed by atoms with van der Waals surface area (Å²) in [5.74, 6) is -0.720. The van der Waals surface area contributed by atoms with Gasteiger partial charge in [-0.3, -0.25) is 4.79 Å². The van der Waals surface area contributed by atoms with Crippen molar-refractivity contribution in [2.24, 2.45) is 0 Å². The fourth-order valence-electron chi connectivity index (χ4n) is 1.66. The number of hydrogen-bond acceptors (Lipinski definition) is 4. The number of aryl methyl sites for hydroxylation is 1. The highest BCUT2D eigenvalue weighted by Crippen LogP contribution is 2.17. The van der Waals surface area contributed by atoms with E-state index in [1.54, 1.807) is 41.7 Å². The lowest BCUT2D eigenvalue weighted by Crippen LogP contribution is -2.09. The third kappa shape index (κ3) is 4.57. The van der Waals surface area contributed by atoms with Crippen LogP contribution in [0.1, 0.15) is 20.1 Å². The average molecular weight is 302 g/mol. The van der Waals surface area contributed by atoms with Crippen LogP contribution in [0.5, 0.6) is 5.75 Å². The Balaban J connectivity index is 1.99. The molecule has 0 bridgehead atoms. The first-order chi connectivity index (χ1) is 10.0. The lowest BCUT2D eigenvalue weighted by molar-refractivity contribution is -0.139. The van der Waals surface area contributed by atoms with E-state index in [1.807, 2.05) is 19.1 Å². The maximum Gasteiger partial charge on any atom is 0.341 e. The quantitative estimate of drug-likeness (QED) is 0.656. The van der Waals surface area contributed by atoms with E-state index in [9.17, 15) is 9.59 Å². The predicted molar refractivity (Wildman–Crippen MR) is 82.0 cm³/mol. The molecule has 21 heavy (non-hydrogen) atoms. The lowest BCUT2D eigenvalue weighted by atomic mass is 10.1. The van der Waals surface area contributed by atoms with Gasteiger partial charge in [0, 0.05) is 15.3 Å². The molecule has 0 amide bonds. The molecule has 0 fully saturated rings. The molecule has 0 aliphatic rings. The van der Waals surface area contributed by atoms with Crippen molar-refractivity contribution >= 4 is 29.2 Å². The highest BCUT2D eigenvalue weighted by Gasteiger charge is 2.04. The van der Waals surface area contributed by atoms with Crippen molar-refractivity contribution in [3.63, 3.8) is 0 Å². The van der Waals surface area contributed by atoms with Crippen molar-refractivity contribution in [1.82, 2.24) is 0 Å². The molecule has 0 saturated carbocycles. The molecule has 4 nitrogen and oxygen atoms in total. The number of thiophene rings is 1. The first-order valence-electron chi connectivity index (χ1n) is 6.28. The Hall–Kier alpha value is -2.40. The number of rotatable bonds is 6. The lowest BCUT2D eigenvalue weighted by Gasteiger charge is -2.03.